The number of rotatable bonds is 52. The Morgan fingerprint density at radius 2 is 0.594 bits per heavy atom. The highest BCUT2D eigenvalue weighted by Crippen LogP contribution is 2.19. The molecule has 0 saturated heterocycles. The summed E-state index contributed by atoms with van der Waals surface area (Å²) in [5.41, 5.74) is 0. The van der Waals surface area contributed by atoms with Gasteiger partial charge in [-0.25, -0.2) is 0 Å². The molecule has 0 aliphatic carbocycles. The van der Waals surface area contributed by atoms with Crippen LogP contribution in [0, 0.1) is 11.8 Å². The summed E-state index contributed by atoms with van der Waals surface area (Å²) >= 11 is 0. The highest BCUT2D eigenvalue weighted by Gasteiger charge is 2.19. The first-order chi connectivity index (χ1) is 31.3. The normalized spacial score (nSPS) is 12.5. The molecular formula is C58H112O6. The second kappa shape index (κ2) is 50.8. The first-order valence-electron chi connectivity index (χ1n) is 28.8. The molecule has 0 saturated carbocycles. The molecule has 0 aliphatic rings. The number of hydrogen-bond donors (Lipinski definition) is 0. The van der Waals surface area contributed by atoms with E-state index < -0.39 is 6.10 Å². The molecule has 0 spiro atoms. The van der Waals surface area contributed by atoms with Crippen molar-refractivity contribution in [3.63, 3.8) is 0 Å². The standard InChI is InChI=1S/C58H112O6/c1-6-8-9-10-31-38-43-48-56(59)62-51-55(52-63-57(60)49-44-39-34-29-25-21-18-17-20-24-28-33-37-42-47-54(5)7-2)64-58(61)50-45-40-35-30-26-22-16-14-12-11-13-15-19-23-27-32-36-41-46-53(3)4/h53-55H,6-52H2,1-5H3/t54?,55-/m1/s1. The van der Waals surface area contributed by atoms with E-state index in [-0.39, 0.29) is 31.1 Å². The van der Waals surface area contributed by atoms with Crippen LogP contribution in [0.3, 0.4) is 0 Å². The molecule has 0 heterocycles. The third-order valence-electron chi connectivity index (χ3n) is 13.6. The molecule has 0 aliphatic heterocycles. The van der Waals surface area contributed by atoms with E-state index in [0.29, 0.717) is 19.3 Å². The minimum absolute atomic E-state index is 0.0632. The van der Waals surface area contributed by atoms with Crippen molar-refractivity contribution in [1.29, 1.82) is 0 Å². The zero-order chi connectivity index (χ0) is 46.8. The van der Waals surface area contributed by atoms with Gasteiger partial charge in [-0.2, -0.15) is 0 Å². The van der Waals surface area contributed by atoms with E-state index in [9.17, 15) is 14.4 Å². The molecule has 380 valence electrons. The minimum atomic E-state index is -0.761. The summed E-state index contributed by atoms with van der Waals surface area (Å²) in [5.74, 6) is 0.907. The van der Waals surface area contributed by atoms with E-state index in [1.54, 1.807) is 0 Å². The Bertz CT molecular complexity index is 980. The lowest BCUT2D eigenvalue weighted by molar-refractivity contribution is -0.167. The van der Waals surface area contributed by atoms with Gasteiger partial charge in [0.15, 0.2) is 6.10 Å². The van der Waals surface area contributed by atoms with Crippen LogP contribution >= 0.6 is 0 Å². The maximum Gasteiger partial charge on any atom is 0.306 e. The molecular weight excluding hydrogens is 793 g/mol. The van der Waals surface area contributed by atoms with Gasteiger partial charge >= 0.3 is 17.9 Å². The van der Waals surface area contributed by atoms with Crippen molar-refractivity contribution >= 4 is 17.9 Å². The van der Waals surface area contributed by atoms with E-state index in [4.69, 9.17) is 14.2 Å². The molecule has 6 heteroatoms. The van der Waals surface area contributed by atoms with Crippen molar-refractivity contribution in [3.8, 4) is 0 Å². The summed E-state index contributed by atoms with van der Waals surface area (Å²) in [4.78, 5) is 37.9. The van der Waals surface area contributed by atoms with Crippen LogP contribution in [0.5, 0.6) is 0 Å². The van der Waals surface area contributed by atoms with Gasteiger partial charge in [0.1, 0.15) is 13.2 Å². The van der Waals surface area contributed by atoms with Gasteiger partial charge in [-0.05, 0) is 31.1 Å². The van der Waals surface area contributed by atoms with Crippen LogP contribution < -0.4 is 0 Å². The molecule has 0 fully saturated rings. The molecule has 1 unspecified atom stereocenters. The van der Waals surface area contributed by atoms with Gasteiger partial charge in [0.25, 0.3) is 0 Å². The molecule has 2 atom stereocenters. The van der Waals surface area contributed by atoms with Crippen LogP contribution in [-0.4, -0.2) is 37.2 Å². The summed E-state index contributed by atoms with van der Waals surface area (Å²) in [5, 5.41) is 0. The van der Waals surface area contributed by atoms with Crippen LogP contribution in [0.4, 0.5) is 0 Å². The second-order valence-corrected chi connectivity index (χ2v) is 20.6. The Morgan fingerprint density at radius 1 is 0.328 bits per heavy atom. The third-order valence-corrected chi connectivity index (χ3v) is 13.6. The Balaban J connectivity index is 4.13. The van der Waals surface area contributed by atoms with Crippen molar-refractivity contribution in [1.82, 2.24) is 0 Å². The molecule has 6 nitrogen and oxygen atoms in total. The van der Waals surface area contributed by atoms with Crippen LogP contribution in [-0.2, 0) is 28.6 Å². The molecule has 0 rings (SSSR count). The van der Waals surface area contributed by atoms with E-state index >= 15 is 0 Å². The summed E-state index contributed by atoms with van der Waals surface area (Å²) in [7, 11) is 0. The van der Waals surface area contributed by atoms with Crippen molar-refractivity contribution in [2.24, 2.45) is 11.8 Å². The van der Waals surface area contributed by atoms with Gasteiger partial charge in [0.05, 0.1) is 0 Å². The van der Waals surface area contributed by atoms with Gasteiger partial charge < -0.3 is 14.2 Å². The van der Waals surface area contributed by atoms with Gasteiger partial charge in [-0.1, -0.05) is 285 Å². The number of carbonyl (C=O) groups is 3. The Hall–Kier alpha value is -1.59. The van der Waals surface area contributed by atoms with Crippen molar-refractivity contribution < 1.29 is 28.6 Å². The smallest absolute Gasteiger partial charge is 0.306 e. The van der Waals surface area contributed by atoms with Gasteiger partial charge in [-0.15, -0.1) is 0 Å². The molecule has 0 radical (unpaired) electrons. The lowest BCUT2D eigenvalue weighted by Gasteiger charge is -2.18. The highest BCUT2D eigenvalue weighted by molar-refractivity contribution is 5.71. The van der Waals surface area contributed by atoms with Crippen molar-refractivity contribution in [2.45, 2.75) is 330 Å². The maximum atomic E-state index is 12.8. The molecule has 0 aromatic heterocycles. The fraction of sp³-hybridized carbons (Fsp3) is 0.948. The van der Waals surface area contributed by atoms with Crippen LogP contribution in [0.1, 0.15) is 324 Å². The molecule has 0 amide bonds. The van der Waals surface area contributed by atoms with E-state index in [2.05, 4.69) is 34.6 Å². The molecule has 0 aromatic rings. The van der Waals surface area contributed by atoms with E-state index in [1.807, 2.05) is 0 Å². The van der Waals surface area contributed by atoms with Gasteiger partial charge in [-0.3, -0.25) is 14.4 Å². The van der Waals surface area contributed by atoms with Crippen LogP contribution in [0.25, 0.3) is 0 Å². The van der Waals surface area contributed by atoms with Crippen LogP contribution in [0.2, 0.25) is 0 Å². The summed E-state index contributed by atoms with van der Waals surface area (Å²) in [6.07, 6.45) is 53.9. The number of esters is 3. The quantitative estimate of drug-likeness (QED) is 0.0344. The predicted molar refractivity (Wildman–Crippen MR) is 275 cm³/mol. The Kier molecular flexibility index (Phi) is 49.6. The monoisotopic (exact) mass is 905 g/mol. The zero-order valence-electron chi connectivity index (χ0n) is 43.9. The summed E-state index contributed by atoms with van der Waals surface area (Å²) < 4.78 is 16.8. The number of hydrogen-bond acceptors (Lipinski definition) is 6. The number of ether oxygens (including phenoxy) is 3. The maximum absolute atomic E-state index is 12.8. The fourth-order valence-electron chi connectivity index (χ4n) is 8.84. The second-order valence-electron chi connectivity index (χ2n) is 20.6. The fourth-order valence-corrected chi connectivity index (χ4v) is 8.84. The molecule has 0 N–H and O–H groups in total. The topological polar surface area (TPSA) is 78.9 Å². The molecule has 0 bridgehead atoms. The lowest BCUT2D eigenvalue weighted by atomic mass is 9.99. The van der Waals surface area contributed by atoms with E-state index in [1.165, 1.54) is 212 Å². The Labute approximate surface area is 399 Å². The molecule has 64 heavy (non-hydrogen) atoms. The first kappa shape index (κ1) is 62.4. The average molecular weight is 906 g/mol. The van der Waals surface area contributed by atoms with Gasteiger partial charge in [0.2, 0.25) is 0 Å². The summed E-state index contributed by atoms with van der Waals surface area (Å²) in [6, 6.07) is 0. The lowest BCUT2D eigenvalue weighted by Crippen LogP contribution is -2.30. The largest absolute Gasteiger partial charge is 0.462 e. The average Bonchev–Trinajstić information content (AvgIpc) is 3.28. The predicted octanol–water partition coefficient (Wildman–Crippen LogP) is 18.9. The van der Waals surface area contributed by atoms with Gasteiger partial charge in [0, 0.05) is 19.3 Å². The Morgan fingerprint density at radius 3 is 0.891 bits per heavy atom. The zero-order valence-corrected chi connectivity index (χ0v) is 43.9. The first-order valence-corrected chi connectivity index (χ1v) is 28.8. The minimum Gasteiger partial charge on any atom is -0.462 e. The van der Waals surface area contributed by atoms with Crippen molar-refractivity contribution in [3.05, 3.63) is 0 Å². The third kappa shape index (κ3) is 49.8. The molecule has 0 aromatic carbocycles. The highest BCUT2D eigenvalue weighted by atomic mass is 16.6. The van der Waals surface area contributed by atoms with Crippen molar-refractivity contribution in [2.75, 3.05) is 13.2 Å². The summed E-state index contributed by atoms with van der Waals surface area (Å²) in [6.45, 7) is 11.4. The number of carbonyl (C=O) groups excluding carboxylic acids is 3. The SMILES string of the molecule is CCCCCCCCCC(=O)OC[C@H](COC(=O)CCCCCCCCCCCCCCCCC(C)CC)OC(=O)CCCCCCCCCCCCCCCCCCCCC(C)C. The van der Waals surface area contributed by atoms with Crippen LogP contribution in [0.15, 0.2) is 0 Å². The van der Waals surface area contributed by atoms with E-state index in [0.717, 1.165) is 69.6 Å². The number of unbranched alkanes of at least 4 members (excludes halogenated alkanes) is 36.